The van der Waals surface area contributed by atoms with E-state index in [9.17, 15) is 14.3 Å². The largest absolute Gasteiger partial charge is 0.473 e. The summed E-state index contributed by atoms with van der Waals surface area (Å²) in [7, 11) is 0. The Balaban J connectivity index is 1.46. The van der Waals surface area contributed by atoms with Crippen molar-refractivity contribution in [3.8, 4) is 17.1 Å². The van der Waals surface area contributed by atoms with E-state index < -0.39 is 0 Å². The van der Waals surface area contributed by atoms with Crippen LogP contribution in [0.5, 0.6) is 5.88 Å². The second kappa shape index (κ2) is 9.27. The molecule has 1 N–H and O–H groups in total. The van der Waals surface area contributed by atoms with Crippen molar-refractivity contribution < 1.29 is 23.6 Å². The summed E-state index contributed by atoms with van der Waals surface area (Å²) >= 11 is 1.84. The van der Waals surface area contributed by atoms with Crippen molar-refractivity contribution in [2.24, 2.45) is 0 Å². The highest BCUT2D eigenvalue weighted by Crippen LogP contribution is 2.27. The fraction of sp³-hybridized carbons (Fsp3) is 0.286. The van der Waals surface area contributed by atoms with Gasteiger partial charge in [0.25, 0.3) is 5.91 Å². The molecule has 0 bridgehead atoms. The van der Waals surface area contributed by atoms with E-state index in [4.69, 9.17) is 9.26 Å². The maximum absolute atomic E-state index is 13.2. The molecule has 156 valence electrons. The summed E-state index contributed by atoms with van der Waals surface area (Å²) in [6, 6.07) is 9.13. The molecule has 0 spiro atoms. The molecule has 1 aromatic carbocycles. The quantitative estimate of drug-likeness (QED) is 0.644. The van der Waals surface area contributed by atoms with Crippen LogP contribution >= 0.6 is 11.8 Å². The standard InChI is InChI=1S/C21H20FN3O4S/c22-16-4-1-14(2-5-16)20-17(18(12-26)29-24-20)13-28-19-6-3-15(11-23-19)21(27)25-7-9-30-10-8-25/h1-6,11,26H,7-10,12-13H2. The number of aromatic nitrogens is 2. The van der Waals surface area contributed by atoms with Crippen LogP contribution in [-0.4, -0.2) is 50.6 Å². The molecule has 1 aliphatic rings. The van der Waals surface area contributed by atoms with E-state index in [2.05, 4.69) is 10.1 Å². The van der Waals surface area contributed by atoms with E-state index in [1.54, 1.807) is 24.3 Å². The lowest BCUT2D eigenvalue weighted by Gasteiger charge is -2.26. The van der Waals surface area contributed by atoms with Crippen molar-refractivity contribution in [3.05, 3.63) is 65.3 Å². The number of halogens is 1. The Morgan fingerprint density at radius 3 is 2.63 bits per heavy atom. The van der Waals surface area contributed by atoms with Crippen LogP contribution in [0.15, 0.2) is 47.1 Å². The summed E-state index contributed by atoms with van der Waals surface area (Å²) in [5.41, 5.74) is 2.18. The molecule has 7 nitrogen and oxygen atoms in total. The lowest BCUT2D eigenvalue weighted by molar-refractivity contribution is 0.0771. The van der Waals surface area contributed by atoms with Gasteiger partial charge in [0.05, 0.1) is 11.1 Å². The highest BCUT2D eigenvalue weighted by atomic mass is 32.2. The number of carbonyl (C=O) groups is 1. The van der Waals surface area contributed by atoms with E-state index in [0.717, 1.165) is 24.6 Å². The number of aliphatic hydroxyl groups is 1. The molecule has 9 heteroatoms. The van der Waals surface area contributed by atoms with Crippen LogP contribution in [0.4, 0.5) is 4.39 Å². The first-order valence-corrected chi connectivity index (χ1v) is 10.6. The fourth-order valence-electron chi connectivity index (χ4n) is 3.14. The monoisotopic (exact) mass is 429 g/mol. The maximum Gasteiger partial charge on any atom is 0.255 e. The molecule has 1 saturated heterocycles. The van der Waals surface area contributed by atoms with Gasteiger partial charge in [-0.3, -0.25) is 4.79 Å². The predicted molar refractivity (Wildman–Crippen MR) is 110 cm³/mol. The Kier molecular flexibility index (Phi) is 6.29. The topological polar surface area (TPSA) is 88.7 Å². The highest BCUT2D eigenvalue weighted by molar-refractivity contribution is 7.99. The Morgan fingerprint density at radius 2 is 1.97 bits per heavy atom. The van der Waals surface area contributed by atoms with Gasteiger partial charge in [-0.25, -0.2) is 9.37 Å². The number of pyridine rings is 1. The van der Waals surface area contributed by atoms with Crippen molar-refractivity contribution >= 4 is 17.7 Å². The minimum atomic E-state index is -0.357. The number of rotatable bonds is 6. The van der Waals surface area contributed by atoms with Crippen molar-refractivity contribution in [2.75, 3.05) is 24.6 Å². The third kappa shape index (κ3) is 4.47. The SMILES string of the molecule is O=C(c1ccc(OCc2c(-c3ccc(F)cc3)noc2CO)nc1)N1CCSCC1. The first-order valence-electron chi connectivity index (χ1n) is 9.46. The number of hydrogen-bond donors (Lipinski definition) is 1. The van der Waals surface area contributed by atoms with Gasteiger partial charge in [0, 0.05) is 42.4 Å². The van der Waals surface area contributed by atoms with Crippen molar-refractivity contribution in [1.82, 2.24) is 15.0 Å². The van der Waals surface area contributed by atoms with E-state index in [-0.39, 0.29) is 30.7 Å². The Morgan fingerprint density at radius 1 is 1.20 bits per heavy atom. The molecule has 1 amide bonds. The molecule has 0 saturated carbocycles. The van der Waals surface area contributed by atoms with Crippen LogP contribution in [-0.2, 0) is 13.2 Å². The summed E-state index contributed by atoms with van der Waals surface area (Å²) in [5.74, 6) is 2.10. The van der Waals surface area contributed by atoms with Crippen LogP contribution in [0.2, 0.25) is 0 Å². The van der Waals surface area contributed by atoms with Crippen molar-refractivity contribution in [1.29, 1.82) is 0 Å². The molecule has 0 unspecified atom stereocenters. The highest BCUT2D eigenvalue weighted by Gasteiger charge is 2.20. The third-order valence-electron chi connectivity index (χ3n) is 4.78. The molecule has 0 aliphatic carbocycles. The summed E-state index contributed by atoms with van der Waals surface area (Å²) in [5, 5.41) is 13.5. The number of amides is 1. The Labute approximate surface area is 176 Å². The lowest BCUT2D eigenvalue weighted by atomic mass is 10.1. The molecular weight excluding hydrogens is 409 g/mol. The molecule has 3 heterocycles. The zero-order valence-corrected chi connectivity index (χ0v) is 16.9. The molecule has 30 heavy (non-hydrogen) atoms. The number of thioether (sulfide) groups is 1. The normalized spacial score (nSPS) is 14.0. The van der Waals surface area contributed by atoms with Crippen LogP contribution in [0, 0.1) is 5.82 Å². The van der Waals surface area contributed by atoms with Gasteiger partial charge in [0.1, 0.15) is 24.7 Å². The third-order valence-corrected chi connectivity index (χ3v) is 5.72. The maximum atomic E-state index is 13.2. The van der Waals surface area contributed by atoms with Crippen molar-refractivity contribution in [2.45, 2.75) is 13.2 Å². The minimum absolute atomic E-state index is 0.0328. The smallest absolute Gasteiger partial charge is 0.255 e. The summed E-state index contributed by atoms with van der Waals surface area (Å²) < 4.78 is 24.1. The van der Waals surface area contributed by atoms with Crippen LogP contribution in [0.25, 0.3) is 11.3 Å². The summed E-state index contributed by atoms with van der Waals surface area (Å²) in [6.07, 6.45) is 1.50. The average Bonchev–Trinajstić information content (AvgIpc) is 3.21. The van der Waals surface area contributed by atoms with Gasteiger partial charge in [-0.2, -0.15) is 11.8 Å². The Hall–Kier alpha value is -2.91. The molecular formula is C21H20FN3O4S. The molecule has 3 aromatic rings. The number of aliphatic hydroxyl groups excluding tert-OH is 1. The van der Waals surface area contributed by atoms with Gasteiger partial charge in [-0.05, 0) is 30.3 Å². The minimum Gasteiger partial charge on any atom is -0.473 e. The molecule has 0 atom stereocenters. The van der Waals surface area contributed by atoms with E-state index in [1.807, 2.05) is 16.7 Å². The van der Waals surface area contributed by atoms with Gasteiger partial charge in [-0.1, -0.05) is 5.16 Å². The molecule has 4 rings (SSSR count). The number of nitrogens with zero attached hydrogens (tertiary/aromatic N) is 3. The number of ether oxygens (including phenoxy) is 1. The number of hydrogen-bond acceptors (Lipinski definition) is 7. The van der Waals surface area contributed by atoms with Crippen molar-refractivity contribution in [3.63, 3.8) is 0 Å². The lowest BCUT2D eigenvalue weighted by Crippen LogP contribution is -2.37. The summed E-state index contributed by atoms with van der Waals surface area (Å²) in [6.45, 7) is 1.19. The average molecular weight is 429 g/mol. The molecule has 0 radical (unpaired) electrons. The van der Waals surface area contributed by atoms with Gasteiger partial charge in [0.15, 0.2) is 5.76 Å². The van der Waals surface area contributed by atoms with Crippen LogP contribution in [0.1, 0.15) is 21.7 Å². The second-order valence-corrected chi connectivity index (χ2v) is 7.90. The van der Waals surface area contributed by atoms with E-state index in [0.29, 0.717) is 28.3 Å². The number of carbonyl (C=O) groups excluding carboxylic acids is 1. The van der Waals surface area contributed by atoms with Crippen LogP contribution in [0.3, 0.4) is 0 Å². The van der Waals surface area contributed by atoms with E-state index in [1.165, 1.54) is 18.3 Å². The van der Waals surface area contributed by atoms with Gasteiger partial charge in [-0.15, -0.1) is 0 Å². The zero-order chi connectivity index (χ0) is 20.9. The van der Waals surface area contributed by atoms with Gasteiger partial charge < -0.3 is 19.3 Å². The zero-order valence-electron chi connectivity index (χ0n) is 16.1. The molecule has 2 aromatic heterocycles. The van der Waals surface area contributed by atoms with Crippen LogP contribution < -0.4 is 4.74 Å². The van der Waals surface area contributed by atoms with Gasteiger partial charge in [0.2, 0.25) is 5.88 Å². The fourth-order valence-corrected chi connectivity index (χ4v) is 4.04. The van der Waals surface area contributed by atoms with E-state index >= 15 is 0 Å². The second-order valence-electron chi connectivity index (χ2n) is 6.68. The van der Waals surface area contributed by atoms with Gasteiger partial charge >= 0.3 is 0 Å². The molecule has 1 fully saturated rings. The Bertz CT molecular complexity index is 1000. The predicted octanol–water partition coefficient (Wildman–Crippen LogP) is 3.14. The summed E-state index contributed by atoms with van der Waals surface area (Å²) in [4.78, 5) is 18.6. The molecule has 1 aliphatic heterocycles. The first kappa shape index (κ1) is 20.4. The number of benzene rings is 1. The first-order chi connectivity index (χ1) is 14.7.